The third-order valence-corrected chi connectivity index (χ3v) is 4.17. The zero-order valence-corrected chi connectivity index (χ0v) is 12.2. The Bertz CT molecular complexity index is 593. The maximum atomic E-state index is 9.32. The normalized spacial score (nSPS) is 20.3. The molecule has 1 atom stereocenters. The van der Waals surface area contributed by atoms with Gasteiger partial charge in [0.2, 0.25) is 0 Å². The molecule has 1 aliphatic heterocycles. The summed E-state index contributed by atoms with van der Waals surface area (Å²) < 4.78 is 2.09. The van der Waals surface area contributed by atoms with Gasteiger partial charge in [0.25, 0.3) is 0 Å². The summed E-state index contributed by atoms with van der Waals surface area (Å²) in [6.07, 6.45) is 2.92. The van der Waals surface area contributed by atoms with Crippen LogP contribution in [-0.4, -0.2) is 50.3 Å². The van der Waals surface area contributed by atoms with Crippen LogP contribution in [-0.2, 0) is 6.54 Å². The highest BCUT2D eigenvalue weighted by Gasteiger charge is 2.29. The van der Waals surface area contributed by atoms with Gasteiger partial charge < -0.3 is 14.6 Å². The van der Waals surface area contributed by atoms with Gasteiger partial charge in [-0.2, -0.15) is 0 Å². The van der Waals surface area contributed by atoms with Crippen LogP contribution in [0.25, 0.3) is 11.2 Å². The van der Waals surface area contributed by atoms with Gasteiger partial charge >= 0.3 is 0 Å². The third kappa shape index (κ3) is 2.31. The molecule has 2 aromatic heterocycles. The summed E-state index contributed by atoms with van der Waals surface area (Å²) in [6.45, 7) is 7.34. The second kappa shape index (κ2) is 5.50. The summed E-state index contributed by atoms with van der Waals surface area (Å²) in [7, 11) is 0. The predicted octanol–water partition coefficient (Wildman–Crippen LogP) is 1.62. The van der Waals surface area contributed by atoms with E-state index in [-0.39, 0.29) is 6.61 Å². The number of aliphatic hydroxyl groups excluding tert-OH is 1. The zero-order valence-electron chi connectivity index (χ0n) is 12.2. The Morgan fingerprint density at radius 3 is 3.00 bits per heavy atom. The molecule has 0 saturated carbocycles. The van der Waals surface area contributed by atoms with E-state index in [0.717, 1.165) is 36.5 Å². The standard InChI is InChI=1S/C15H22N4O/c1-11(2)18-7-5-12(10-18)14-17-13-4-3-6-16-15(13)19(14)8-9-20/h3-4,6,11-12,20H,5,7-10H2,1-2H3. The SMILES string of the molecule is CC(C)N1CCC(c2nc3cccnc3n2CCO)C1. The van der Waals surface area contributed by atoms with Gasteiger partial charge in [-0.05, 0) is 38.9 Å². The Labute approximate surface area is 119 Å². The molecule has 1 N–H and O–H groups in total. The number of likely N-dealkylation sites (tertiary alicyclic amines) is 1. The summed E-state index contributed by atoms with van der Waals surface area (Å²) in [4.78, 5) is 11.7. The summed E-state index contributed by atoms with van der Waals surface area (Å²) in [5, 5.41) is 9.32. The molecule has 0 spiro atoms. The second-order valence-electron chi connectivity index (χ2n) is 5.77. The molecule has 0 radical (unpaired) electrons. The van der Waals surface area contributed by atoms with Crippen molar-refractivity contribution >= 4 is 11.2 Å². The van der Waals surface area contributed by atoms with Crippen LogP contribution < -0.4 is 0 Å². The number of nitrogens with zero attached hydrogens (tertiary/aromatic N) is 4. The van der Waals surface area contributed by atoms with Gasteiger partial charge in [0.15, 0.2) is 5.65 Å². The summed E-state index contributed by atoms with van der Waals surface area (Å²) in [6, 6.07) is 4.49. The maximum absolute atomic E-state index is 9.32. The van der Waals surface area contributed by atoms with Crippen LogP contribution >= 0.6 is 0 Å². The van der Waals surface area contributed by atoms with E-state index in [9.17, 15) is 5.11 Å². The van der Waals surface area contributed by atoms with Crippen molar-refractivity contribution in [1.82, 2.24) is 19.4 Å². The fourth-order valence-electron chi connectivity index (χ4n) is 3.08. The van der Waals surface area contributed by atoms with Gasteiger partial charge in [-0.25, -0.2) is 9.97 Å². The topological polar surface area (TPSA) is 54.2 Å². The molecule has 108 valence electrons. The molecule has 20 heavy (non-hydrogen) atoms. The van der Waals surface area contributed by atoms with Crippen LogP contribution in [0.2, 0.25) is 0 Å². The highest BCUT2D eigenvalue weighted by Crippen LogP contribution is 2.29. The van der Waals surface area contributed by atoms with Crippen LogP contribution in [0.1, 0.15) is 32.0 Å². The molecule has 0 bridgehead atoms. The molecule has 0 aromatic carbocycles. The lowest BCUT2D eigenvalue weighted by atomic mass is 10.1. The molecular weight excluding hydrogens is 252 g/mol. The minimum Gasteiger partial charge on any atom is -0.395 e. The number of rotatable bonds is 4. The summed E-state index contributed by atoms with van der Waals surface area (Å²) in [5.41, 5.74) is 1.82. The van der Waals surface area contributed by atoms with Gasteiger partial charge in [0, 0.05) is 31.2 Å². The molecule has 0 amide bonds. The highest BCUT2D eigenvalue weighted by molar-refractivity contribution is 5.71. The second-order valence-corrected chi connectivity index (χ2v) is 5.77. The lowest BCUT2D eigenvalue weighted by molar-refractivity contribution is 0.266. The number of aliphatic hydroxyl groups is 1. The minimum absolute atomic E-state index is 0.121. The summed E-state index contributed by atoms with van der Waals surface area (Å²) >= 11 is 0. The Morgan fingerprint density at radius 2 is 2.30 bits per heavy atom. The molecular formula is C15H22N4O. The molecule has 2 aromatic rings. The van der Waals surface area contributed by atoms with Gasteiger partial charge in [-0.15, -0.1) is 0 Å². The molecule has 0 aliphatic carbocycles. The molecule has 1 fully saturated rings. The Balaban J connectivity index is 1.96. The van der Waals surface area contributed by atoms with E-state index in [1.54, 1.807) is 6.20 Å². The van der Waals surface area contributed by atoms with Crippen LogP contribution in [0.3, 0.4) is 0 Å². The zero-order chi connectivity index (χ0) is 14.1. The first-order valence-electron chi connectivity index (χ1n) is 7.36. The highest BCUT2D eigenvalue weighted by atomic mass is 16.3. The fraction of sp³-hybridized carbons (Fsp3) is 0.600. The van der Waals surface area contributed by atoms with Gasteiger partial charge in [0.1, 0.15) is 11.3 Å². The molecule has 1 saturated heterocycles. The first-order valence-corrected chi connectivity index (χ1v) is 7.36. The van der Waals surface area contributed by atoms with Crippen LogP contribution in [0.4, 0.5) is 0 Å². The van der Waals surface area contributed by atoms with E-state index in [2.05, 4.69) is 28.3 Å². The Kier molecular flexibility index (Phi) is 3.72. The van der Waals surface area contributed by atoms with E-state index in [4.69, 9.17) is 4.98 Å². The van der Waals surface area contributed by atoms with E-state index < -0.39 is 0 Å². The number of aromatic nitrogens is 3. The van der Waals surface area contributed by atoms with Crippen LogP contribution in [0.5, 0.6) is 0 Å². The van der Waals surface area contributed by atoms with Crippen molar-refractivity contribution in [2.75, 3.05) is 19.7 Å². The molecule has 1 aliphatic rings. The maximum Gasteiger partial charge on any atom is 0.160 e. The van der Waals surface area contributed by atoms with Gasteiger partial charge in [-0.3, -0.25) is 0 Å². The number of pyridine rings is 1. The monoisotopic (exact) mass is 274 g/mol. The molecule has 3 rings (SSSR count). The number of imidazole rings is 1. The lowest BCUT2D eigenvalue weighted by Gasteiger charge is -2.20. The van der Waals surface area contributed by atoms with Crippen molar-refractivity contribution < 1.29 is 5.11 Å². The molecule has 1 unspecified atom stereocenters. The van der Waals surface area contributed by atoms with Crippen molar-refractivity contribution in [3.05, 3.63) is 24.2 Å². The fourth-order valence-corrected chi connectivity index (χ4v) is 3.08. The molecule has 5 heteroatoms. The van der Waals surface area contributed by atoms with Gasteiger partial charge in [0.05, 0.1) is 6.61 Å². The largest absolute Gasteiger partial charge is 0.395 e. The predicted molar refractivity (Wildman–Crippen MR) is 78.7 cm³/mol. The van der Waals surface area contributed by atoms with Crippen LogP contribution in [0, 0.1) is 0 Å². The average molecular weight is 274 g/mol. The van der Waals surface area contributed by atoms with E-state index in [0.29, 0.717) is 18.5 Å². The minimum atomic E-state index is 0.121. The van der Waals surface area contributed by atoms with E-state index >= 15 is 0 Å². The third-order valence-electron chi connectivity index (χ3n) is 4.17. The van der Waals surface area contributed by atoms with Crippen molar-refractivity contribution in [3.63, 3.8) is 0 Å². The number of hydrogen-bond acceptors (Lipinski definition) is 4. The summed E-state index contributed by atoms with van der Waals surface area (Å²) in [5.74, 6) is 1.52. The quantitative estimate of drug-likeness (QED) is 0.920. The Morgan fingerprint density at radius 1 is 1.45 bits per heavy atom. The van der Waals surface area contributed by atoms with Crippen molar-refractivity contribution in [1.29, 1.82) is 0 Å². The van der Waals surface area contributed by atoms with Crippen molar-refractivity contribution in [3.8, 4) is 0 Å². The average Bonchev–Trinajstić information content (AvgIpc) is 3.04. The first-order chi connectivity index (χ1) is 9.70. The van der Waals surface area contributed by atoms with Crippen molar-refractivity contribution in [2.45, 2.75) is 38.8 Å². The van der Waals surface area contributed by atoms with Crippen LogP contribution in [0.15, 0.2) is 18.3 Å². The van der Waals surface area contributed by atoms with E-state index in [1.165, 1.54) is 0 Å². The number of hydrogen-bond donors (Lipinski definition) is 1. The first kappa shape index (κ1) is 13.5. The Hall–Kier alpha value is -1.46. The van der Waals surface area contributed by atoms with Crippen molar-refractivity contribution in [2.24, 2.45) is 0 Å². The molecule has 3 heterocycles. The number of fused-ring (bicyclic) bond motifs is 1. The lowest BCUT2D eigenvalue weighted by Crippen LogP contribution is -2.28. The molecule has 5 nitrogen and oxygen atoms in total. The smallest absolute Gasteiger partial charge is 0.160 e. The van der Waals surface area contributed by atoms with Gasteiger partial charge in [-0.1, -0.05) is 0 Å². The van der Waals surface area contributed by atoms with E-state index in [1.807, 2.05) is 12.1 Å².